The average molecular weight is 353 g/mol. The highest BCUT2D eigenvalue weighted by Crippen LogP contribution is 2.19. The molecule has 1 aromatic carbocycles. The van der Waals surface area contributed by atoms with E-state index in [0.717, 1.165) is 27.7 Å². The zero-order chi connectivity index (χ0) is 17.5. The molecule has 128 valence electrons. The molecule has 0 radical (unpaired) electrons. The fourth-order valence-corrected chi connectivity index (χ4v) is 3.04. The second-order valence-electron chi connectivity index (χ2n) is 5.37. The van der Waals surface area contributed by atoms with Gasteiger partial charge in [0.05, 0.1) is 31.0 Å². The van der Waals surface area contributed by atoms with Gasteiger partial charge in [-0.25, -0.2) is 4.98 Å². The third kappa shape index (κ3) is 4.87. The number of carbonyl (C=O) groups is 1. The smallest absolute Gasteiger partial charge is 0.224 e. The van der Waals surface area contributed by atoms with E-state index in [1.54, 1.807) is 6.20 Å². The Balaban J connectivity index is 1.51. The molecule has 5 nitrogen and oxygen atoms in total. The maximum Gasteiger partial charge on any atom is 0.224 e. The number of rotatable bonds is 7. The van der Waals surface area contributed by atoms with Crippen molar-refractivity contribution < 1.29 is 9.53 Å². The molecule has 0 aliphatic carbocycles. The van der Waals surface area contributed by atoms with Gasteiger partial charge in [-0.15, -0.1) is 11.3 Å². The van der Waals surface area contributed by atoms with Gasteiger partial charge >= 0.3 is 0 Å². The SMILES string of the molecule is CCOc1ccc(CC(=O)NCc2nc(-c3ccccn3)cs2)cc1. The van der Waals surface area contributed by atoms with Gasteiger partial charge in [0.25, 0.3) is 0 Å². The highest BCUT2D eigenvalue weighted by atomic mass is 32.1. The lowest BCUT2D eigenvalue weighted by atomic mass is 10.1. The summed E-state index contributed by atoms with van der Waals surface area (Å²) in [5.74, 6) is 0.787. The second kappa shape index (κ2) is 8.39. The second-order valence-corrected chi connectivity index (χ2v) is 6.31. The van der Waals surface area contributed by atoms with Crippen molar-refractivity contribution in [2.45, 2.75) is 19.9 Å². The summed E-state index contributed by atoms with van der Waals surface area (Å²) in [7, 11) is 0. The fourth-order valence-electron chi connectivity index (χ4n) is 2.32. The molecular weight excluding hydrogens is 334 g/mol. The minimum Gasteiger partial charge on any atom is -0.494 e. The summed E-state index contributed by atoms with van der Waals surface area (Å²) < 4.78 is 5.40. The van der Waals surface area contributed by atoms with Crippen molar-refractivity contribution in [1.82, 2.24) is 15.3 Å². The molecule has 1 N–H and O–H groups in total. The van der Waals surface area contributed by atoms with Crippen molar-refractivity contribution in [2.24, 2.45) is 0 Å². The molecule has 0 spiro atoms. The number of aromatic nitrogens is 2. The van der Waals surface area contributed by atoms with Crippen molar-refractivity contribution in [1.29, 1.82) is 0 Å². The molecule has 1 amide bonds. The average Bonchev–Trinajstić information content (AvgIpc) is 3.12. The van der Waals surface area contributed by atoms with Gasteiger partial charge in [0, 0.05) is 11.6 Å². The van der Waals surface area contributed by atoms with Crippen LogP contribution in [0.3, 0.4) is 0 Å². The zero-order valence-electron chi connectivity index (χ0n) is 13.9. The number of thiazole rings is 1. The third-order valence-electron chi connectivity index (χ3n) is 3.51. The quantitative estimate of drug-likeness (QED) is 0.706. The number of amides is 1. The number of benzene rings is 1. The van der Waals surface area contributed by atoms with E-state index >= 15 is 0 Å². The molecule has 0 aliphatic rings. The molecule has 2 aromatic heterocycles. The van der Waals surface area contributed by atoms with Crippen LogP contribution in [-0.2, 0) is 17.8 Å². The summed E-state index contributed by atoms with van der Waals surface area (Å²) >= 11 is 1.52. The summed E-state index contributed by atoms with van der Waals surface area (Å²) in [6.45, 7) is 3.00. The number of hydrogen-bond donors (Lipinski definition) is 1. The Morgan fingerprint density at radius 1 is 1.16 bits per heavy atom. The van der Waals surface area contributed by atoms with Crippen LogP contribution in [0.25, 0.3) is 11.4 Å². The standard InChI is InChI=1S/C19H19N3O2S/c1-2-24-15-8-6-14(7-9-15)11-18(23)21-12-19-22-17(13-25-19)16-5-3-4-10-20-16/h3-10,13H,2,11-12H2,1H3,(H,21,23). The van der Waals surface area contributed by atoms with Crippen molar-refractivity contribution in [2.75, 3.05) is 6.61 Å². The van der Waals surface area contributed by atoms with Gasteiger partial charge in [0.15, 0.2) is 0 Å². The maximum atomic E-state index is 12.1. The summed E-state index contributed by atoms with van der Waals surface area (Å²) in [5.41, 5.74) is 2.63. The lowest BCUT2D eigenvalue weighted by Crippen LogP contribution is -2.24. The highest BCUT2D eigenvalue weighted by Gasteiger charge is 2.08. The van der Waals surface area contributed by atoms with Crippen LogP contribution in [0.5, 0.6) is 5.75 Å². The predicted molar refractivity (Wildman–Crippen MR) is 98.5 cm³/mol. The van der Waals surface area contributed by atoms with E-state index in [1.807, 2.05) is 54.8 Å². The van der Waals surface area contributed by atoms with Gasteiger partial charge in [-0.2, -0.15) is 0 Å². The molecule has 0 saturated heterocycles. The molecule has 0 saturated carbocycles. The first-order chi connectivity index (χ1) is 12.2. The topological polar surface area (TPSA) is 64.1 Å². The van der Waals surface area contributed by atoms with Crippen LogP contribution in [-0.4, -0.2) is 22.5 Å². The molecule has 6 heteroatoms. The monoisotopic (exact) mass is 353 g/mol. The predicted octanol–water partition coefficient (Wildman–Crippen LogP) is 3.46. The number of carbonyl (C=O) groups excluding carboxylic acids is 1. The van der Waals surface area contributed by atoms with E-state index in [-0.39, 0.29) is 5.91 Å². The van der Waals surface area contributed by atoms with Gasteiger partial charge in [0.1, 0.15) is 10.8 Å². The Labute approximate surface area is 150 Å². The van der Waals surface area contributed by atoms with Crippen LogP contribution < -0.4 is 10.1 Å². The van der Waals surface area contributed by atoms with E-state index in [4.69, 9.17) is 4.74 Å². The Morgan fingerprint density at radius 3 is 2.72 bits per heavy atom. The van der Waals surface area contributed by atoms with Crippen molar-refractivity contribution >= 4 is 17.2 Å². The Hall–Kier alpha value is -2.73. The van der Waals surface area contributed by atoms with E-state index in [1.165, 1.54) is 11.3 Å². The fraction of sp³-hybridized carbons (Fsp3) is 0.211. The molecule has 0 bridgehead atoms. The number of hydrogen-bond acceptors (Lipinski definition) is 5. The summed E-state index contributed by atoms with van der Waals surface area (Å²) in [4.78, 5) is 20.9. The third-order valence-corrected chi connectivity index (χ3v) is 4.36. The van der Waals surface area contributed by atoms with Crippen LogP contribution in [0.2, 0.25) is 0 Å². The lowest BCUT2D eigenvalue weighted by Gasteiger charge is -2.05. The van der Waals surface area contributed by atoms with Gasteiger partial charge < -0.3 is 10.1 Å². The Kier molecular flexibility index (Phi) is 5.74. The number of pyridine rings is 1. The first kappa shape index (κ1) is 17.1. The summed E-state index contributed by atoms with van der Waals surface area (Å²) in [6.07, 6.45) is 2.08. The number of nitrogens with zero attached hydrogens (tertiary/aromatic N) is 2. The van der Waals surface area contributed by atoms with E-state index in [9.17, 15) is 4.79 Å². The molecule has 3 aromatic rings. The van der Waals surface area contributed by atoms with Crippen LogP contribution >= 0.6 is 11.3 Å². The largest absolute Gasteiger partial charge is 0.494 e. The van der Waals surface area contributed by atoms with Crippen molar-refractivity contribution in [3.05, 3.63) is 64.6 Å². The van der Waals surface area contributed by atoms with Gasteiger partial charge in [-0.3, -0.25) is 9.78 Å². The summed E-state index contributed by atoms with van der Waals surface area (Å²) in [5, 5.41) is 5.73. The number of ether oxygens (including phenoxy) is 1. The summed E-state index contributed by atoms with van der Waals surface area (Å²) in [6, 6.07) is 13.3. The minimum atomic E-state index is -0.0289. The number of nitrogens with one attached hydrogen (secondary N) is 1. The Morgan fingerprint density at radius 2 is 2.00 bits per heavy atom. The van der Waals surface area contributed by atoms with Crippen LogP contribution in [0.15, 0.2) is 54.0 Å². The molecule has 0 unspecified atom stereocenters. The Bertz CT molecular complexity index is 816. The lowest BCUT2D eigenvalue weighted by molar-refractivity contribution is -0.120. The first-order valence-electron chi connectivity index (χ1n) is 8.09. The van der Waals surface area contributed by atoms with E-state index in [0.29, 0.717) is 19.6 Å². The van der Waals surface area contributed by atoms with Crippen LogP contribution in [0.4, 0.5) is 0 Å². The van der Waals surface area contributed by atoms with Crippen molar-refractivity contribution in [3.8, 4) is 17.1 Å². The molecule has 25 heavy (non-hydrogen) atoms. The van der Waals surface area contributed by atoms with Gasteiger partial charge in [0.2, 0.25) is 5.91 Å². The van der Waals surface area contributed by atoms with Gasteiger partial charge in [-0.1, -0.05) is 18.2 Å². The molecule has 2 heterocycles. The molecule has 0 fully saturated rings. The van der Waals surface area contributed by atoms with E-state index < -0.39 is 0 Å². The van der Waals surface area contributed by atoms with E-state index in [2.05, 4.69) is 15.3 Å². The molecule has 0 atom stereocenters. The van der Waals surface area contributed by atoms with Gasteiger partial charge in [-0.05, 0) is 36.8 Å². The first-order valence-corrected chi connectivity index (χ1v) is 8.97. The normalized spacial score (nSPS) is 10.4. The van der Waals surface area contributed by atoms with Crippen LogP contribution in [0.1, 0.15) is 17.5 Å². The molecular formula is C19H19N3O2S. The van der Waals surface area contributed by atoms with Crippen molar-refractivity contribution in [3.63, 3.8) is 0 Å². The highest BCUT2D eigenvalue weighted by molar-refractivity contribution is 7.09. The molecule has 0 aliphatic heterocycles. The maximum absolute atomic E-state index is 12.1. The minimum absolute atomic E-state index is 0.0289. The molecule has 3 rings (SSSR count). The van der Waals surface area contributed by atoms with Crippen LogP contribution in [0, 0.1) is 0 Å². The zero-order valence-corrected chi connectivity index (χ0v) is 14.8.